The van der Waals surface area contributed by atoms with Crippen LogP contribution in [0.25, 0.3) is 0 Å². The molecule has 1 saturated carbocycles. The molecule has 0 radical (unpaired) electrons. The van der Waals surface area contributed by atoms with E-state index < -0.39 is 8.32 Å². The lowest BCUT2D eigenvalue weighted by molar-refractivity contribution is -0.241. The van der Waals surface area contributed by atoms with Crippen molar-refractivity contribution in [3.63, 3.8) is 0 Å². The molecule has 0 unspecified atom stereocenters. The smallest absolute Gasteiger partial charge is 0.192 e. The van der Waals surface area contributed by atoms with E-state index in [0.29, 0.717) is 13.2 Å². The molecular weight excluding hydrogens is 392 g/mol. The summed E-state index contributed by atoms with van der Waals surface area (Å²) in [6.45, 7) is 12.2. The van der Waals surface area contributed by atoms with Gasteiger partial charge in [-0.3, -0.25) is 0 Å². The molecule has 5 heteroatoms. The molecule has 1 fully saturated rings. The van der Waals surface area contributed by atoms with Crippen LogP contribution >= 0.6 is 0 Å². The van der Waals surface area contributed by atoms with Crippen molar-refractivity contribution in [3.8, 4) is 0 Å². The molecule has 0 bridgehead atoms. The number of rotatable bonds is 9. The first-order chi connectivity index (χ1) is 14.2. The summed E-state index contributed by atoms with van der Waals surface area (Å²) in [5, 5.41) is 10.2. The molecule has 30 heavy (non-hydrogen) atoms. The third-order valence-corrected chi connectivity index (χ3v) is 11.0. The Labute approximate surface area is 182 Å². The summed E-state index contributed by atoms with van der Waals surface area (Å²) in [6.07, 6.45) is -0.533. The molecule has 1 aliphatic rings. The largest absolute Gasteiger partial charge is 0.411 e. The Morgan fingerprint density at radius 3 is 1.67 bits per heavy atom. The van der Waals surface area contributed by atoms with Gasteiger partial charge in [0.25, 0.3) is 0 Å². The third-order valence-electron chi connectivity index (χ3n) is 6.51. The number of benzene rings is 2. The molecule has 0 spiro atoms. The Kier molecular flexibility index (Phi) is 7.53. The van der Waals surface area contributed by atoms with E-state index in [9.17, 15) is 5.11 Å². The Hall–Kier alpha value is -1.50. The highest BCUT2D eigenvalue weighted by atomic mass is 28.4. The molecule has 1 N–H and O–H groups in total. The second-order valence-electron chi connectivity index (χ2n) is 9.71. The number of hydrogen-bond donors (Lipinski definition) is 1. The van der Waals surface area contributed by atoms with Gasteiger partial charge in [-0.25, -0.2) is 0 Å². The number of hydrogen-bond acceptors (Lipinski definition) is 4. The Bertz CT molecular complexity index is 773. The summed E-state index contributed by atoms with van der Waals surface area (Å²) in [5.74, 6) is -0.0800. The van der Waals surface area contributed by atoms with Gasteiger partial charge >= 0.3 is 0 Å². The predicted molar refractivity (Wildman–Crippen MR) is 123 cm³/mol. The van der Waals surface area contributed by atoms with Crippen LogP contribution < -0.4 is 0 Å². The van der Waals surface area contributed by atoms with E-state index in [1.807, 2.05) is 36.4 Å². The van der Waals surface area contributed by atoms with Gasteiger partial charge in [0.1, 0.15) is 6.10 Å². The standard InChI is InChI=1S/C25H36O4Si/c1-25(2,3)30(4,5)29-23-21(16-26)22(27-17-19-12-8-6-9-13-19)24(23)28-18-20-14-10-7-11-15-20/h6-15,21-24,26H,16-18H2,1-5H3/t21-,22-,23+,24+/m0/s1. The van der Waals surface area contributed by atoms with Crippen LogP contribution in [0.1, 0.15) is 31.9 Å². The maximum atomic E-state index is 10.1. The molecule has 0 saturated heterocycles. The normalized spacial score (nSPS) is 24.5. The molecule has 1 aliphatic carbocycles. The van der Waals surface area contributed by atoms with Gasteiger partial charge in [0, 0.05) is 5.92 Å². The van der Waals surface area contributed by atoms with Crippen molar-refractivity contribution < 1.29 is 19.0 Å². The summed E-state index contributed by atoms with van der Waals surface area (Å²) < 4.78 is 19.3. The van der Waals surface area contributed by atoms with Gasteiger partial charge < -0.3 is 19.0 Å². The first-order valence-electron chi connectivity index (χ1n) is 10.8. The minimum atomic E-state index is -2.01. The lowest BCUT2D eigenvalue weighted by atomic mass is 9.76. The maximum Gasteiger partial charge on any atom is 0.192 e. The van der Waals surface area contributed by atoms with E-state index >= 15 is 0 Å². The average molecular weight is 429 g/mol. The fourth-order valence-corrected chi connectivity index (χ4v) is 4.88. The van der Waals surface area contributed by atoms with Crippen molar-refractivity contribution in [2.75, 3.05) is 6.61 Å². The molecular formula is C25H36O4Si. The number of aliphatic hydroxyl groups excluding tert-OH is 1. The zero-order valence-corrected chi connectivity index (χ0v) is 19.9. The van der Waals surface area contributed by atoms with Crippen LogP contribution in [0.4, 0.5) is 0 Å². The average Bonchev–Trinajstić information content (AvgIpc) is 2.71. The fourth-order valence-electron chi connectivity index (χ4n) is 3.54. The number of aliphatic hydroxyl groups is 1. The number of ether oxygens (including phenoxy) is 2. The van der Waals surface area contributed by atoms with Crippen molar-refractivity contribution in [2.24, 2.45) is 5.92 Å². The fraction of sp³-hybridized carbons (Fsp3) is 0.520. The molecule has 3 rings (SSSR count). The molecule has 0 aliphatic heterocycles. The zero-order valence-electron chi connectivity index (χ0n) is 18.9. The second kappa shape index (κ2) is 9.75. The van der Waals surface area contributed by atoms with Crippen molar-refractivity contribution in [3.05, 3.63) is 71.8 Å². The molecule has 0 heterocycles. The van der Waals surface area contributed by atoms with Crippen molar-refractivity contribution in [1.29, 1.82) is 0 Å². The van der Waals surface area contributed by atoms with E-state index in [1.165, 1.54) is 0 Å². The Morgan fingerprint density at radius 2 is 1.23 bits per heavy atom. The minimum Gasteiger partial charge on any atom is -0.411 e. The van der Waals surface area contributed by atoms with E-state index in [-0.39, 0.29) is 35.9 Å². The lowest BCUT2D eigenvalue weighted by Gasteiger charge is -2.53. The highest BCUT2D eigenvalue weighted by Gasteiger charge is 2.56. The minimum absolute atomic E-state index is 0.0317. The Morgan fingerprint density at radius 1 is 0.767 bits per heavy atom. The molecule has 0 amide bonds. The van der Waals surface area contributed by atoms with Crippen molar-refractivity contribution in [1.82, 2.24) is 0 Å². The van der Waals surface area contributed by atoms with Crippen LogP contribution in [0.3, 0.4) is 0 Å². The maximum absolute atomic E-state index is 10.1. The molecule has 4 atom stereocenters. The van der Waals surface area contributed by atoms with Crippen LogP contribution in [-0.4, -0.2) is 38.3 Å². The summed E-state index contributed by atoms with van der Waals surface area (Å²) in [7, 11) is -2.01. The molecule has 4 nitrogen and oxygen atoms in total. The summed E-state index contributed by atoms with van der Waals surface area (Å²) in [4.78, 5) is 0. The third kappa shape index (κ3) is 5.40. The van der Waals surface area contributed by atoms with Gasteiger partial charge in [-0.05, 0) is 29.3 Å². The molecule has 2 aromatic carbocycles. The van der Waals surface area contributed by atoms with Crippen LogP contribution in [0.15, 0.2) is 60.7 Å². The molecule has 0 aromatic heterocycles. The van der Waals surface area contributed by atoms with Gasteiger partial charge in [-0.1, -0.05) is 81.4 Å². The first kappa shape index (κ1) is 23.2. The van der Waals surface area contributed by atoms with Gasteiger partial charge in [-0.2, -0.15) is 0 Å². The summed E-state index contributed by atoms with van der Waals surface area (Å²) >= 11 is 0. The summed E-state index contributed by atoms with van der Waals surface area (Å²) in [6, 6.07) is 20.3. The lowest BCUT2D eigenvalue weighted by Crippen LogP contribution is -2.67. The predicted octanol–water partition coefficient (Wildman–Crippen LogP) is 5.17. The summed E-state index contributed by atoms with van der Waals surface area (Å²) in [5.41, 5.74) is 2.24. The van der Waals surface area contributed by atoms with Crippen LogP contribution in [-0.2, 0) is 27.1 Å². The van der Waals surface area contributed by atoms with Gasteiger partial charge in [-0.15, -0.1) is 0 Å². The quantitative estimate of drug-likeness (QED) is 0.560. The molecule has 2 aromatic rings. The van der Waals surface area contributed by atoms with Crippen LogP contribution in [0.5, 0.6) is 0 Å². The van der Waals surface area contributed by atoms with Gasteiger partial charge in [0.15, 0.2) is 8.32 Å². The van der Waals surface area contributed by atoms with Gasteiger partial charge in [0.2, 0.25) is 0 Å². The van der Waals surface area contributed by atoms with Crippen LogP contribution in [0, 0.1) is 5.92 Å². The van der Waals surface area contributed by atoms with E-state index in [1.54, 1.807) is 0 Å². The highest BCUT2D eigenvalue weighted by molar-refractivity contribution is 6.74. The second-order valence-corrected chi connectivity index (χ2v) is 14.5. The zero-order chi connectivity index (χ0) is 21.8. The van der Waals surface area contributed by atoms with Gasteiger partial charge in [0.05, 0.1) is 32.0 Å². The van der Waals surface area contributed by atoms with E-state index in [4.69, 9.17) is 13.9 Å². The monoisotopic (exact) mass is 428 g/mol. The molecule has 164 valence electrons. The van der Waals surface area contributed by atoms with E-state index in [0.717, 1.165) is 11.1 Å². The first-order valence-corrected chi connectivity index (χ1v) is 13.7. The Balaban J connectivity index is 1.73. The highest BCUT2D eigenvalue weighted by Crippen LogP contribution is 2.44. The topological polar surface area (TPSA) is 47.9 Å². The van der Waals surface area contributed by atoms with Crippen LogP contribution in [0.2, 0.25) is 18.1 Å². The van der Waals surface area contributed by atoms with Crippen molar-refractivity contribution >= 4 is 8.32 Å². The van der Waals surface area contributed by atoms with Crippen molar-refractivity contribution in [2.45, 2.75) is 70.4 Å². The van der Waals surface area contributed by atoms with E-state index in [2.05, 4.69) is 58.1 Å². The SMILES string of the molecule is CC(C)(C)[Si](C)(C)O[C@@H]1[C@@H](CO)[C@H](OCc2ccccc2)[C@H]1OCc1ccccc1.